The van der Waals surface area contributed by atoms with E-state index in [-0.39, 0.29) is 0 Å². The van der Waals surface area contributed by atoms with Gasteiger partial charge < -0.3 is 0 Å². The minimum absolute atomic E-state index is 0.307. The van der Waals surface area contributed by atoms with Crippen LogP contribution >= 0.6 is 0 Å². The van der Waals surface area contributed by atoms with Gasteiger partial charge in [0.25, 0.3) is 0 Å². The highest BCUT2D eigenvalue weighted by Crippen LogP contribution is 2.42. The Hall–Kier alpha value is -0.840. The molecule has 2 aliphatic carbocycles. The van der Waals surface area contributed by atoms with Gasteiger partial charge in [0.1, 0.15) is 6.07 Å². The van der Waals surface area contributed by atoms with Gasteiger partial charge in [-0.15, -0.1) is 0 Å². The predicted octanol–water partition coefficient (Wildman–Crippen LogP) is 6.56. The van der Waals surface area contributed by atoms with Crippen molar-refractivity contribution < 1.29 is 4.39 Å². The predicted molar refractivity (Wildman–Crippen MR) is 89.8 cm³/mol. The topological polar surface area (TPSA) is 23.8 Å². The van der Waals surface area contributed by atoms with Crippen LogP contribution in [-0.2, 0) is 0 Å². The van der Waals surface area contributed by atoms with E-state index in [1.165, 1.54) is 64.2 Å². The van der Waals surface area contributed by atoms with E-state index < -0.39 is 5.83 Å². The molecule has 0 spiro atoms. The number of hydrogen-bond acceptors (Lipinski definition) is 1. The van der Waals surface area contributed by atoms with Crippen molar-refractivity contribution in [3.05, 3.63) is 11.9 Å². The molecule has 0 radical (unpaired) electrons. The van der Waals surface area contributed by atoms with Crippen LogP contribution in [-0.4, -0.2) is 0 Å². The Morgan fingerprint density at radius 2 is 1.59 bits per heavy atom. The summed E-state index contributed by atoms with van der Waals surface area (Å²) in [5, 5.41) is 8.53. The van der Waals surface area contributed by atoms with Gasteiger partial charge in [-0.3, -0.25) is 0 Å². The van der Waals surface area contributed by atoms with Crippen LogP contribution in [0.3, 0.4) is 0 Å². The van der Waals surface area contributed by atoms with Crippen molar-refractivity contribution in [2.45, 2.75) is 84.0 Å². The van der Waals surface area contributed by atoms with Gasteiger partial charge in [0.05, 0.1) is 0 Å². The fraction of sp³-hybridized carbons (Fsp3) is 0.850. The Balaban J connectivity index is 1.67. The molecule has 2 aliphatic rings. The van der Waals surface area contributed by atoms with Crippen LogP contribution < -0.4 is 0 Å². The molecular weight excluding hydrogens is 273 g/mol. The second-order valence-corrected chi connectivity index (χ2v) is 7.58. The fourth-order valence-corrected chi connectivity index (χ4v) is 4.66. The van der Waals surface area contributed by atoms with Crippen molar-refractivity contribution >= 4 is 0 Å². The van der Waals surface area contributed by atoms with E-state index in [9.17, 15) is 4.39 Å². The minimum Gasteiger partial charge on any atom is -0.195 e. The number of rotatable bonds is 6. The molecule has 2 saturated carbocycles. The zero-order valence-electron chi connectivity index (χ0n) is 14.2. The van der Waals surface area contributed by atoms with Crippen molar-refractivity contribution in [1.29, 1.82) is 5.26 Å². The third-order valence-electron chi connectivity index (χ3n) is 6.08. The van der Waals surface area contributed by atoms with Gasteiger partial charge in [-0.1, -0.05) is 45.4 Å². The molecule has 2 rings (SSSR count). The van der Waals surface area contributed by atoms with Crippen LogP contribution in [0.2, 0.25) is 0 Å². The average Bonchev–Trinajstić information content (AvgIpc) is 2.56. The van der Waals surface area contributed by atoms with Crippen molar-refractivity contribution in [1.82, 2.24) is 0 Å². The molecule has 124 valence electrons. The molecule has 22 heavy (non-hydrogen) atoms. The Morgan fingerprint density at radius 1 is 1.00 bits per heavy atom. The Kier molecular flexibility index (Phi) is 7.43. The van der Waals surface area contributed by atoms with E-state index in [1.54, 1.807) is 12.1 Å². The second-order valence-electron chi connectivity index (χ2n) is 7.58. The first-order valence-corrected chi connectivity index (χ1v) is 9.50. The van der Waals surface area contributed by atoms with Gasteiger partial charge in [0, 0.05) is 0 Å². The average molecular weight is 305 g/mol. The summed E-state index contributed by atoms with van der Waals surface area (Å²) in [5.74, 6) is 2.50. The highest BCUT2D eigenvalue weighted by atomic mass is 19.1. The maximum Gasteiger partial charge on any atom is 0.196 e. The van der Waals surface area contributed by atoms with Gasteiger partial charge in [-0.25, -0.2) is 0 Å². The third-order valence-corrected chi connectivity index (χ3v) is 6.08. The normalized spacial score (nSPS) is 33.4. The zero-order valence-corrected chi connectivity index (χ0v) is 14.2. The summed E-state index contributed by atoms with van der Waals surface area (Å²) in [7, 11) is 0. The van der Waals surface area contributed by atoms with Gasteiger partial charge in [-0.05, 0) is 68.3 Å². The van der Waals surface area contributed by atoms with Crippen LogP contribution in [0.15, 0.2) is 11.9 Å². The summed E-state index contributed by atoms with van der Waals surface area (Å²) in [6, 6.07) is 1.61. The van der Waals surface area contributed by atoms with Crippen LogP contribution in [0.1, 0.15) is 84.0 Å². The minimum atomic E-state index is -0.587. The monoisotopic (exact) mass is 305 g/mol. The highest BCUT2D eigenvalue weighted by molar-refractivity contribution is 5.13. The van der Waals surface area contributed by atoms with Crippen molar-refractivity contribution in [2.75, 3.05) is 0 Å². The first kappa shape index (κ1) is 17.5. The number of hydrogen-bond donors (Lipinski definition) is 0. The van der Waals surface area contributed by atoms with Crippen LogP contribution in [0.25, 0.3) is 0 Å². The quantitative estimate of drug-likeness (QED) is 0.403. The van der Waals surface area contributed by atoms with Crippen molar-refractivity contribution in [3.63, 3.8) is 0 Å². The maximum absolute atomic E-state index is 13.0. The number of nitriles is 1. The lowest BCUT2D eigenvalue weighted by molar-refractivity contribution is 0.151. The standard InChI is InChI=1S/C20H32FN/c1-2-3-4-5-16-6-10-18(11-7-16)19-12-8-17(9-13-19)14-20(21)15-22/h14,16-19H,2-13H2,1H3/b20-14+/t16-,17?,18-,19?. The van der Waals surface area contributed by atoms with E-state index >= 15 is 0 Å². The summed E-state index contributed by atoms with van der Waals surface area (Å²) < 4.78 is 13.0. The molecule has 0 atom stereocenters. The summed E-state index contributed by atoms with van der Waals surface area (Å²) in [6.45, 7) is 2.28. The molecule has 0 N–H and O–H groups in total. The number of allylic oxidation sites excluding steroid dienone is 2. The lowest BCUT2D eigenvalue weighted by atomic mass is 9.68. The van der Waals surface area contributed by atoms with E-state index in [0.717, 1.165) is 30.6 Å². The van der Waals surface area contributed by atoms with Crippen LogP contribution in [0.4, 0.5) is 4.39 Å². The number of nitrogens with zero attached hydrogens (tertiary/aromatic N) is 1. The molecule has 2 heteroatoms. The molecule has 0 heterocycles. The molecular formula is C20H32FN. The van der Waals surface area contributed by atoms with Crippen LogP contribution in [0, 0.1) is 35.0 Å². The maximum atomic E-state index is 13.0. The van der Waals surface area contributed by atoms with E-state index in [4.69, 9.17) is 5.26 Å². The van der Waals surface area contributed by atoms with E-state index in [0.29, 0.717) is 5.92 Å². The number of unbranched alkanes of at least 4 members (excludes halogenated alkanes) is 2. The highest BCUT2D eigenvalue weighted by Gasteiger charge is 2.30. The van der Waals surface area contributed by atoms with Gasteiger partial charge >= 0.3 is 0 Å². The molecule has 0 saturated heterocycles. The molecule has 0 aliphatic heterocycles. The molecule has 0 aromatic carbocycles. The first-order chi connectivity index (χ1) is 10.7. The molecule has 2 fully saturated rings. The molecule has 0 aromatic heterocycles. The van der Waals surface area contributed by atoms with Crippen molar-refractivity contribution in [3.8, 4) is 6.07 Å². The smallest absolute Gasteiger partial charge is 0.195 e. The summed E-state index contributed by atoms with van der Waals surface area (Å²) >= 11 is 0. The Morgan fingerprint density at radius 3 is 2.14 bits per heavy atom. The molecule has 0 aromatic rings. The SMILES string of the molecule is CCCCC[C@H]1CC[C@H](C2CCC(/C=C(/F)C#N)CC2)CC1. The largest absolute Gasteiger partial charge is 0.196 e. The fourth-order valence-electron chi connectivity index (χ4n) is 4.66. The lowest BCUT2D eigenvalue weighted by Gasteiger charge is -2.37. The number of halogens is 1. The Bertz CT molecular complexity index is 379. The summed E-state index contributed by atoms with van der Waals surface area (Å²) in [4.78, 5) is 0. The van der Waals surface area contributed by atoms with E-state index in [2.05, 4.69) is 6.92 Å². The molecule has 0 amide bonds. The van der Waals surface area contributed by atoms with Crippen LogP contribution in [0.5, 0.6) is 0 Å². The van der Waals surface area contributed by atoms with Gasteiger partial charge in [0.15, 0.2) is 5.83 Å². The third kappa shape index (κ3) is 5.41. The van der Waals surface area contributed by atoms with Gasteiger partial charge in [-0.2, -0.15) is 9.65 Å². The zero-order chi connectivity index (χ0) is 15.8. The summed E-state index contributed by atoms with van der Waals surface area (Å²) in [5.41, 5.74) is 0. The lowest BCUT2D eigenvalue weighted by Crippen LogP contribution is -2.25. The van der Waals surface area contributed by atoms with Gasteiger partial charge in [0.2, 0.25) is 0 Å². The van der Waals surface area contributed by atoms with Crippen molar-refractivity contribution in [2.24, 2.45) is 23.7 Å². The Labute approximate surface area is 136 Å². The molecule has 0 bridgehead atoms. The first-order valence-electron chi connectivity index (χ1n) is 9.50. The second kappa shape index (κ2) is 9.33. The molecule has 0 unspecified atom stereocenters. The molecule has 1 nitrogen and oxygen atoms in total. The summed E-state index contributed by atoms with van der Waals surface area (Å²) in [6.07, 6.45) is 17.5. The van der Waals surface area contributed by atoms with E-state index in [1.807, 2.05) is 0 Å².